The maximum atomic E-state index is 4.31. The van der Waals surface area contributed by atoms with E-state index in [1.54, 1.807) is 5.01 Å². The molecule has 2 aromatic rings. The Hall–Kier alpha value is -1.77. The molecule has 1 heterocycles. The van der Waals surface area contributed by atoms with Gasteiger partial charge in [-0.1, -0.05) is 18.2 Å². The summed E-state index contributed by atoms with van der Waals surface area (Å²) in [6.07, 6.45) is 1.93. The SMILES string of the molecule is Cc1c(/C=N/N(C)C)c2ccccc2n1C. The molecule has 84 valence electrons. The molecule has 3 heteroatoms. The highest BCUT2D eigenvalue weighted by atomic mass is 15.4. The quantitative estimate of drug-likeness (QED) is 0.556. The van der Waals surface area contributed by atoms with Crippen LogP contribution in [0.5, 0.6) is 0 Å². The van der Waals surface area contributed by atoms with Crippen LogP contribution >= 0.6 is 0 Å². The van der Waals surface area contributed by atoms with Gasteiger partial charge in [0.25, 0.3) is 0 Å². The lowest BCUT2D eigenvalue weighted by molar-refractivity contribution is 0.440. The van der Waals surface area contributed by atoms with Crippen LogP contribution in [0.25, 0.3) is 10.9 Å². The number of hydrogen-bond donors (Lipinski definition) is 0. The Labute approximate surface area is 96.0 Å². The lowest BCUT2D eigenvalue weighted by Gasteiger charge is -2.02. The standard InChI is InChI=1S/C13H17N3/c1-10-12(9-14-15(2)3)11-7-5-6-8-13(11)16(10)4/h5-9H,1-4H3/b14-9+. The predicted octanol–water partition coefficient (Wildman–Crippen LogP) is 2.38. The predicted molar refractivity (Wildman–Crippen MR) is 68.9 cm³/mol. The average Bonchev–Trinajstić information content (AvgIpc) is 2.50. The Morgan fingerprint density at radius 3 is 2.62 bits per heavy atom. The summed E-state index contributed by atoms with van der Waals surface area (Å²) in [7, 11) is 5.94. The molecule has 0 unspecified atom stereocenters. The molecule has 0 atom stereocenters. The maximum absolute atomic E-state index is 4.31. The van der Waals surface area contributed by atoms with Gasteiger partial charge >= 0.3 is 0 Å². The molecule has 0 spiro atoms. The van der Waals surface area contributed by atoms with Crippen LogP contribution < -0.4 is 0 Å². The number of fused-ring (bicyclic) bond motifs is 1. The van der Waals surface area contributed by atoms with Gasteiger partial charge in [-0.25, -0.2) is 0 Å². The third-order valence-electron chi connectivity index (χ3n) is 2.87. The fourth-order valence-corrected chi connectivity index (χ4v) is 1.89. The second-order valence-electron chi connectivity index (χ2n) is 4.17. The van der Waals surface area contributed by atoms with Crippen molar-refractivity contribution in [3.05, 3.63) is 35.5 Å². The third-order valence-corrected chi connectivity index (χ3v) is 2.87. The molecule has 2 rings (SSSR count). The fourth-order valence-electron chi connectivity index (χ4n) is 1.89. The highest BCUT2D eigenvalue weighted by Crippen LogP contribution is 2.22. The Morgan fingerprint density at radius 1 is 1.25 bits per heavy atom. The van der Waals surface area contributed by atoms with E-state index >= 15 is 0 Å². The molecular weight excluding hydrogens is 198 g/mol. The summed E-state index contributed by atoms with van der Waals surface area (Å²) < 4.78 is 2.20. The van der Waals surface area contributed by atoms with Crippen molar-refractivity contribution in [3.8, 4) is 0 Å². The van der Waals surface area contributed by atoms with E-state index in [4.69, 9.17) is 0 Å². The summed E-state index contributed by atoms with van der Waals surface area (Å²) in [5.74, 6) is 0. The lowest BCUT2D eigenvalue weighted by atomic mass is 10.1. The van der Waals surface area contributed by atoms with E-state index in [1.807, 2.05) is 20.3 Å². The van der Waals surface area contributed by atoms with Crippen molar-refractivity contribution < 1.29 is 0 Å². The first-order valence-electron chi connectivity index (χ1n) is 5.36. The Balaban J connectivity index is 2.64. The summed E-state index contributed by atoms with van der Waals surface area (Å²) in [6, 6.07) is 8.40. The van der Waals surface area contributed by atoms with Gasteiger partial charge in [0, 0.05) is 43.3 Å². The van der Waals surface area contributed by atoms with Crippen LogP contribution in [0.4, 0.5) is 0 Å². The molecule has 0 bridgehead atoms. The minimum absolute atomic E-state index is 1.20. The molecular formula is C13H17N3. The van der Waals surface area contributed by atoms with E-state index in [0.29, 0.717) is 0 Å². The molecule has 16 heavy (non-hydrogen) atoms. The molecule has 1 aromatic carbocycles. The highest BCUT2D eigenvalue weighted by Gasteiger charge is 2.08. The van der Waals surface area contributed by atoms with E-state index in [-0.39, 0.29) is 0 Å². The zero-order chi connectivity index (χ0) is 11.7. The number of nitrogens with zero attached hydrogens (tertiary/aromatic N) is 3. The lowest BCUT2D eigenvalue weighted by Crippen LogP contribution is -2.02. The largest absolute Gasteiger partial charge is 0.347 e. The molecule has 1 aromatic heterocycles. The van der Waals surface area contributed by atoms with Gasteiger partial charge in [0.15, 0.2) is 0 Å². The molecule has 0 aliphatic heterocycles. The van der Waals surface area contributed by atoms with E-state index in [0.717, 1.165) is 0 Å². The van der Waals surface area contributed by atoms with Crippen molar-refractivity contribution in [1.29, 1.82) is 0 Å². The van der Waals surface area contributed by atoms with Crippen molar-refractivity contribution in [1.82, 2.24) is 9.58 Å². The fraction of sp³-hybridized carbons (Fsp3) is 0.308. The summed E-state index contributed by atoms with van der Waals surface area (Å²) in [4.78, 5) is 0. The smallest absolute Gasteiger partial charge is 0.0566 e. The summed E-state index contributed by atoms with van der Waals surface area (Å²) in [5, 5.41) is 7.38. The number of benzene rings is 1. The number of aryl methyl sites for hydroxylation is 1. The van der Waals surface area contributed by atoms with Gasteiger partial charge in [0.2, 0.25) is 0 Å². The van der Waals surface area contributed by atoms with Crippen LogP contribution in [0.3, 0.4) is 0 Å². The molecule has 0 aliphatic carbocycles. The molecule has 0 N–H and O–H groups in total. The molecule has 0 aliphatic rings. The van der Waals surface area contributed by atoms with Gasteiger partial charge in [0.05, 0.1) is 6.21 Å². The number of hydrazone groups is 1. The van der Waals surface area contributed by atoms with E-state index in [2.05, 4.69) is 47.9 Å². The first-order chi connectivity index (χ1) is 7.61. The van der Waals surface area contributed by atoms with Crippen LogP contribution in [-0.4, -0.2) is 29.9 Å². The summed E-state index contributed by atoms with van der Waals surface area (Å²) in [6.45, 7) is 2.12. The Bertz CT molecular complexity index is 535. The molecule has 0 amide bonds. The number of aromatic nitrogens is 1. The maximum Gasteiger partial charge on any atom is 0.0566 e. The van der Waals surface area contributed by atoms with Crippen molar-refractivity contribution >= 4 is 17.1 Å². The van der Waals surface area contributed by atoms with Crippen LogP contribution in [0.1, 0.15) is 11.3 Å². The van der Waals surface area contributed by atoms with Gasteiger partial charge in [-0.3, -0.25) is 0 Å². The van der Waals surface area contributed by atoms with Gasteiger partial charge in [-0.15, -0.1) is 0 Å². The first kappa shape index (κ1) is 10.7. The zero-order valence-corrected chi connectivity index (χ0v) is 10.2. The Morgan fingerprint density at radius 2 is 1.94 bits per heavy atom. The van der Waals surface area contributed by atoms with Gasteiger partial charge < -0.3 is 9.58 Å². The van der Waals surface area contributed by atoms with Gasteiger partial charge in [-0.05, 0) is 13.0 Å². The molecule has 0 fully saturated rings. The summed E-state index contributed by atoms with van der Waals surface area (Å²) >= 11 is 0. The van der Waals surface area contributed by atoms with Crippen molar-refractivity contribution in [2.75, 3.05) is 14.1 Å². The molecule has 0 saturated carbocycles. The van der Waals surface area contributed by atoms with Crippen LogP contribution in [0.15, 0.2) is 29.4 Å². The van der Waals surface area contributed by atoms with E-state index in [1.165, 1.54) is 22.2 Å². The second kappa shape index (κ2) is 4.00. The van der Waals surface area contributed by atoms with Crippen molar-refractivity contribution in [2.45, 2.75) is 6.92 Å². The van der Waals surface area contributed by atoms with E-state index in [9.17, 15) is 0 Å². The molecule has 0 saturated heterocycles. The van der Waals surface area contributed by atoms with Crippen molar-refractivity contribution in [3.63, 3.8) is 0 Å². The third kappa shape index (κ3) is 1.69. The number of rotatable bonds is 2. The van der Waals surface area contributed by atoms with Gasteiger partial charge in [-0.2, -0.15) is 5.10 Å². The van der Waals surface area contributed by atoms with Gasteiger partial charge in [0.1, 0.15) is 0 Å². The number of para-hydroxylation sites is 1. The first-order valence-corrected chi connectivity index (χ1v) is 5.36. The van der Waals surface area contributed by atoms with Crippen LogP contribution in [0, 0.1) is 6.92 Å². The minimum atomic E-state index is 1.20. The van der Waals surface area contributed by atoms with Crippen molar-refractivity contribution in [2.24, 2.45) is 12.1 Å². The minimum Gasteiger partial charge on any atom is -0.347 e. The average molecular weight is 215 g/mol. The van der Waals surface area contributed by atoms with Crippen LogP contribution in [-0.2, 0) is 7.05 Å². The molecule has 0 radical (unpaired) electrons. The highest BCUT2D eigenvalue weighted by molar-refractivity contribution is 6.00. The summed E-state index contributed by atoms with van der Waals surface area (Å²) in [5.41, 5.74) is 3.69. The van der Waals surface area contributed by atoms with Crippen LogP contribution in [0.2, 0.25) is 0 Å². The van der Waals surface area contributed by atoms with E-state index < -0.39 is 0 Å². The normalized spacial score (nSPS) is 11.5. The Kier molecular flexibility index (Phi) is 2.69. The second-order valence-corrected chi connectivity index (χ2v) is 4.17. The molecule has 3 nitrogen and oxygen atoms in total. The number of hydrogen-bond acceptors (Lipinski definition) is 2. The monoisotopic (exact) mass is 215 g/mol. The zero-order valence-electron chi connectivity index (χ0n) is 10.2. The topological polar surface area (TPSA) is 20.5 Å².